The van der Waals surface area contributed by atoms with E-state index in [2.05, 4.69) is 15.6 Å². The summed E-state index contributed by atoms with van der Waals surface area (Å²) in [6.07, 6.45) is 0. The summed E-state index contributed by atoms with van der Waals surface area (Å²) < 4.78 is 29.3. The summed E-state index contributed by atoms with van der Waals surface area (Å²) in [5.41, 5.74) is 4.16. The predicted molar refractivity (Wildman–Crippen MR) is 169 cm³/mol. The van der Waals surface area contributed by atoms with Crippen molar-refractivity contribution in [2.45, 2.75) is 26.1 Å². The Labute approximate surface area is 265 Å². The summed E-state index contributed by atoms with van der Waals surface area (Å²) in [6.45, 7) is 2.03. The summed E-state index contributed by atoms with van der Waals surface area (Å²) in [6, 6.07) is 22.5. The number of ether oxygens (including phenoxy) is 5. The Balaban J connectivity index is 1.46. The van der Waals surface area contributed by atoms with E-state index in [9.17, 15) is 9.59 Å². The molecule has 2 amide bonds. The highest BCUT2D eigenvalue weighted by molar-refractivity contribution is 5.98. The van der Waals surface area contributed by atoms with Crippen LogP contribution in [-0.2, 0) is 22.7 Å². The molecule has 1 aliphatic heterocycles. The molecule has 0 bridgehead atoms. The SMILES string of the molecule is COc1cc(C(C(=O)Nc2ccc3c(c2)OCO3)N(Cc2ccc(C)cc2)C(=O)Cn2nnc3ccccc32)cc(OC)c1OC. The van der Waals surface area contributed by atoms with Crippen molar-refractivity contribution in [3.8, 4) is 28.7 Å². The molecule has 0 fully saturated rings. The fraction of sp³-hybridized carbons (Fsp3) is 0.235. The first kappa shape index (κ1) is 30.3. The number of methoxy groups -OCH3 is 3. The Morgan fingerprint density at radius 3 is 2.35 bits per heavy atom. The minimum Gasteiger partial charge on any atom is -0.493 e. The lowest BCUT2D eigenvalue weighted by molar-refractivity contribution is -0.140. The average molecular weight is 624 g/mol. The molecule has 1 aromatic heterocycles. The molecule has 236 valence electrons. The Morgan fingerprint density at radius 2 is 1.63 bits per heavy atom. The van der Waals surface area contributed by atoms with Crippen LogP contribution in [0.5, 0.6) is 28.7 Å². The van der Waals surface area contributed by atoms with Gasteiger partial charge in [-0.1, -0.05) is 47.2 Å². The number of aryl methyl sites for hydroxylation is 1. The molecule has 4 aromatic carbocycles. The van der Waals surface area contributed by atoms with Gasteiger partial charge < -0.3 is 33.9 Å². The maximum atomic E-state index is 14.4. The van der Waals surface area contributed by atoms with E-state index in [-0.39, 0.29) is 25.8 Å². The van der Waals surface area contributed by atoms with E-state index in [0.717, 1.165) is 11.1 Å². The number of nitrogens with zero attached hydrogens (tertiary/aromatic N) is 4. The molecule has 1 unspecified atom stereocenters. The number of aromatic nitrogens is 3. The van der Waals surface area contributed by atoms with Crippen LogP contribution in [-0.4, -0.2) is 59.8 Å². The Bertz CT molecular complexity index is 1860. The summed E-state index contributed by atoms with van der Waals surface area (Å²) in [5.74, 6) is 1.27. The molecule has 1 aliphatic rings. The summed E-state index contributed by atoms with van der Waals surface area (Å²) in [7, 11) is 4.49. The number of amides is 2. The van der Waals surface area contributed by atoms with E-state index in [0.29, 0.717) is 51.0 Å². The third kappa shape index (κ3) is 6.09. The topological polar surface area (TPSA) is 126 Å². The molecule has 0 saturated heterocycles. The summed E-state index contributed by atoms with van der Waals surface area (Å²) in [4.78, 5) is 30.4. The van der Waals surface area contributed by atoms with E-state index >= 15 is 0 Å². The van der Waals surface area contributed by atoms with Gasteiger partial charge in [0.2, 0.25) is 18.4 Å². The van der Waals surface area contributed by atoms with Gasteiger partial charge in [0.25, 0.3) is 5.91 Å². The first-order chi connectivity index (χ1) is 22.4. The number of para-hydroxylation sites is 1. The largest absolute Gasteiger partial charge is 0.493 e. The zero-order valence-corrected chi connectivity index (χ0v) is 25.9. The van der Waals surface area contributed by atoms with Crippen LogP contribution in [0.2, 0.25) is 0 Å². The maximum Gasteiger partial charge on any atom is 0.251 e. The molecule has 2 heterocycles. The van der Waals surface area contributed by atoms with Crippen molar-refractivity contribution >= 4 is 28.5 Å². The van der Waals surface area contributed by atoms with Gasteiger partial charge in [-0.05, 0) is 54.4 Å². The molecular formula is C34H33N5O7. The van der Waals surface area contributed by atoms with Crippen molar-refractivity contribution in [3.05, 3.63) is 95.6 Å². The number of fused-ring (bicyclic) bond motifs is 2. The molecule has 0 saturated carbocycles. The average Bonchev–Trinajstić information content (AvgIpc) is 3.71. The number of carbonyl (C=O) groups is 2. The molecule has 12 nitrogen and oxygen atoms in total. The van der Waals surface area contributed by atoms with Gasteiger partial charge in [0.1, 0.15) is 18.1 Å². The van der Waals surface area contributed by atoms with Gasteiger partial charge in [-0.15, -0.1) is 5.10 Å². The Hall–Kier alpha value is -5.78. The van der Waals surface area contributed by atoms with Crippen LogP contribution < -0.4 is 29.0 Å². The number of rotatable bonds is 11. The zero-order valence-electron chi connectivity index (χ0n) is 25.9. The lowest BCUT2D eigenvalue weighted by atomic mass is 10.0. The van der Waals surface area contributed by atoms with Gasteiger partial charge in [-0.25, -0.2) is 4.68 Å². The lowest BCUT2D eigenvalue weighted by Crippen LogP contribution is -2.42. The van der Waals surface area contributed by atoms with Gasteiger partial charge in [0.15, 0.2) is 23.0 Å². The number of benzene rings is 4. The smallest absolute Gasteiger partial charge is 0.251 e. The van der Waals surface area contributed by atoms with Crippen LogP contribution in [0.25, 0.3) is 11.0 Å². The number of anilines is 1. The molecule has 6 rings (SSSR count). The van der Waals surface area contributed by atoms with Crippen LogP contribution in [0.3, 0.4) is 0 Å². The van der Waals surface area contributed by atoms with E-state index in [1.54, 1.807) is 30.3 Å². The standard InChI is InChI=1S/C34H33N5O7/c1-21-9-11-22(12-10-21)18-38(31(40)19-39-26-8-6-5-7-25(26)36-37-39)32(23-15-29(42-2)33(44-4)30(16-23)43-3)34(41)35-24-13-14-27-28(17-24)46-20-45-27/h5-17,32H,18-20H2,1-4H3,(H,35,41). The normalized spacial score (nSPS) is 12.4. The number of carbonyl (C=O) groups excluding carboxylic acids is 2. The molecule has 0 radical (unpaired) electrons. The van der Waals surface area contributed by atoms with Gasteiger partial charge in [0.05, 0.1) is 26.8 Å². The Kier molecular flexibility index (Phi) is 8.59. The minimum absolute atomic E-state index is 0.0938. The van der Waals surface area contributed by atoms with Crippen LogP contribution in [0.1, 0.15) is 22.7 Å². The molecule has 1 atom stereocenters. The highest BCUT2D eigenvalue weighted by atomic mass is 16.7. The van der Waals surface area contributed by atoms with Crippen molar-refractivity contribution in [1.29, 1.82) is 0 Å². The fourth-order valence-electron chi connectivity index (χ4n) is 5.38. The molecule has 0 spiro atoms. The minimum atomic E-state index is -1.15. The van der Waals surface area contributed by atoms with E-state index < -0.39 is 11.9 Å². The molecule has 46 heavy (non-hydrogen) atoms. The third-order valence-corrected chi connectivity index (χ3v) is 7.70. The van der Waals surface area contributed by atoms with Crippen LogP contribution in [0.15, 0.2) is 78.9 Å². The summed E-state index contributed by atoms with van der Waals surface area (Å²) in [5, 5.41) is 11.4. The van der Waals surface area contributed by atoms with Crippen molar-refractivity contribution in [1.82, 2.24) is 19.9 Å². The van der Waals surface area contributed by atoms with E-state index in [4.69, 9.17) is 23.7 Å². The van der Waals surface area contributed by atoms with E-state index in [1.807, 2.05) is 55.5 Å². The first-order valence-corrected chi connectivity index (χ1v) is 14.5. The maximum absolute atomic E-state index is 14.4. The van der Waals surface area contributed by atoms with Crippen molar-refractivity contribution in [2.75, 3.05) is 33.4 Å². The lowest BCUT2D eigenvalue weighted by Gasteiger charge is -2.32. The third-order valence-electron chi connectivity index (χ3n) is 7.70. The van der Waals surface area contributed by atoms with Crippen molar-refractivity contribution < 1.29 is 33.3 Å². The van der Waals surface area contributed by atoms with Crippen molar-refractivity contribution in [3.63, 3.8) is 0 Å². The molecule has 5 aromatic rings. The molecular weight excluding hydrogens is 590 g/mol. The van der Waals surface area contributed by atoms with Crippen molar-refractivity contribution in [2.24, 2.45) is 0 Å². The summed E-state index contributed by atoms with van der Waals surface area (Å²) >= 11 is 0. The number of nitrogens with one attached hydrogen (secondary N) is 1. The zero-order chi connectivity index (χ0) is 32.2. The highest BCUT2D eigenvalue weighted by Gasteiger charge is 2.34. The highest BCUT2D eigenvalue weighted by Crippen LogP contribution is 2.42. The van der Waals surface area contributed by atoms with E-state index in [1.165, 1.54) is 30.9 Å². The Morgan fingerprint density at radius 1 is 0.913 bits per heavy atom. The molecule has 12 heteroatoms. The molecule has 1 N–H and O–H groups in total. The van der Waals surface area contributed by atoms with Gasteiger partial charge in [0, 0.05) is 18.3 Å². The van der Waals surface area contributed by atoms with Crippen LogP contribution >= 0.6 is 0 Å². The monoisotopic (exact) mass is 623 g/mol. The van der Waals surface area contributed by atoms with Gasteiger partial charge in [-0.2, -0.15) is 0 Å². The van der Waals surface area contributed by atoms with Crippen LogP contribution in [0.4, 0.5) is 5.69 Å². The van der Waals surface area contributed by atoms with Crippen LogP contribution in [0, 0.1) is 6.92 Å². The number of hydrogen-bond acceptors (Lipinski definition) is 9. The van der Waals surface area contributed by atoms with Gasteiger partial charge >= 0.3 is 0 Å². The fourth-order valence-corrected chi connectivity index (χ4v) is 5.38. The second kappa shape index (κ2) is 13.1. The number of hydrogen-bond donors (Lipinski definition) is 1. The molecule has 0 aliphatic carbocycles. The predicted octanol–water partition coefficient (Wildman–Crippen LogP) is 4.90. The van der Waals surface area contributed by atoms with Gasteiger partial charge in [-0.3, -0.25) is 9.59 Å². The second-order valence-electron chi connectivity index (χ2n) is 10.7. The quantitative estimate of drug-likeness (QED) is 0.219. The first-order valence-electron chi connectivity index (χ1n) is 14.5. The second-order valence-corrected chi connectivity index (χ2v) is 10.7.